The zero-order valence-corrected chi connectivity index (χ0v) is 21.3. The third-order valence-corrected chi connectivity index (χ3v) is 6.08. The van der Waals surface area contributed by atoms with E-state index in [9.17, 15) is 18.0 Å². The quantitative estimate of drug-likeness (QED) is 0.285. The van der Waals surface area contributed by atoms with Crippen LogP contribution in [0.1, 0.15) is 41.7 Å². The SMILES string of the molecule is CCOC(C)c1ncc(-n2ncc(C(=O)Nc3cnc(-n4nccn4)c(Cl)c3)c2C(F)(F)F)c2ccccc12. The molecule has 0 fully saturated rings. The third kappa shape index (κ3) is 5.05. The number of fused-ring (bicyclic) bond motifs is 1. The second-order valence-corrected chi connectivity index (χ2v) is 8.70. The monoisotopic (exact) mass is 556 g/mol. The van der Waals surface area contributed by atoms with Gasteiger partial charge in [-0.1, -0.05) is 35.9 Å². The fraction of sp³-hybridized carbons (Fsp3) is 0.200. The van der Waals surface area contributed by atoms with Gasteiger partial charge in [0.1, 0.15) is 0 Å². The lowest BCUT2D eigenvalue weighted by Crippen LogP contribution is -2.21. The first-order valence-electron chi connectivity index (χ1n) is 11.7. The van der Waals surface area contributed by atoms with E-state index < -0.39 is 23.3 Å². The maximum Gasteiger partial charge on any atom is 0.434 e. The fourth-order valence-electron chi connectivity index (χ4n) is 4.16. The predicted octanol–water partition coefficient (Wildman–Crippen LogP) is 5.42. The number of alkyl halides is 3. The van der Waals surface area contributed by atoms with E-state index in [1.54, 1.807) is 24.3 Å². The summed E-state index contributed by atoms with van der Waals surface area (Å²) in [5, 5.41) is 15.4. The predicted molar refractivity (Wildman–Crippen MR) is 136 cm³/mol. The van der Waals surface area contributed by atoms with Crippen LogP contribution in [0.5, 0.6) is 0 Å². The van der Waals surface area contributed by atoms with Crippen LogP contribution in [-0.2, 0) is 10.9 Å². The number of pyridine rings is 2. The second-order valence-electron chi connectivity index (χ2n) is 8.29. The number of amides is 1. The van der Waals surface area contributed by atoms with Gasteiger partial charge >= 0.3 is 6.18 Å². The van der Waals surface area contributed by atoms with Gasteiger partial charge in [-0.25, -0.2) is 9.67 Å². The van der Waals surface area contributed by atoms with Crippen LogP contribution in [0.15, 0.2) is 61.3 Å². The molecule has 0 bridgehead atoms. The average Bonchev–Trinajstić information content (AvgIpc) is 3.59. The average molecular weight is 557 g/mol. The molecule has 0 radical (unpaired) electrons. The molecule has 4 aromatic heterocycles. The minimum atomic E-state index is -4.92. The van der Waals surface area contributed by atoms with E-state index in [1.165, 1.54) is 35.7 Å². The highest BCUT2D eigenvalue weighted by atomic mass is 35.5. The number of aromatic nitrogens is 7. The largest absolute Gasteiger partial charge is 0.434 e. The van der Waals surface area contributed by atoms with Crippen molar-refractivity contribution in [3.8, 4) is 11.5 Å². The molecule has 0 aliphatic heterocycles. The molecule has 0 aliphatic rings. The Morgan fingerprint density at radius 1 is 1.08 bits per heavy atom. The normalized spacial score (nSPS) is 12.6. The van der Waals surface area contributed by atoms with Crippen LogP contribution in [0.2, 0.25) is 5.02 Å². The number of halogens is 4. The number of carbonyl (C=O) groups is 1. The van der Waals surface area contributed by atoms with E-state index in [-0.39, 0.29) is 28.3 Å². The van der Waals surface area contributed by atoms with Crippen molar-refractivity contribution in [3.05, 3.63) is 83.3 Å². The van der Waals surface area contributed by atoms with Crippen molar-refractivity contribution < 1.29 is 22.7 Å². The summed E-state index contributed by atoms with van der Waals surface area (Å²) in [5.41, 5.74) is -1.23. The molecule has 0 saturated carbocycles. The molecule has 200 valence electrons. The van der Waals surface area contributed by atoms with Crippen molar-refractivity contribution in [2.45, 2.75) is 26.1 Å². The van der Waals surface area contributed by atoms with Gasteiger partial charge in [0.15, 0.2) is 11.5 Å². The Kier molecular flexibility index (Phi) is 7.02. The van der Waals surface area contributed by atoms with Crippen molar-refractivity contribution in [1.29, 1.82) is 0 Å². The number of rotatable bonds is 7. The number of nitrogens with zero attached hydrogens (tertiary/aromatic N) is 7. The van der Waals surface area contributed by atoms with Gasteiger partial charge in [-0.05, 0) is 19.9 Å². The Hall–Kier alpha value is -4.36. The van der Waals surface area contributed by atoms with Gasteiger partial charge in [-0.15, -0.1) is 4.80 Å². The van der Waals surface area contributed by atoms with Gasteiger partial charge in [0, 0.05) is 17.4 Å². The molecule has 1 aromatic carbocycles. The van der Waals surface area contributed by atoms with Crippen LogP contribution in [0, 0.1) is 0 Å². The van der Waals surface area contributed by atoms with Crippen LogP contribution >= 0.6 is 11.6 Å². The first-order chi connectivity index (χ1) is 18.7. The van der Waals surface area contributed by atoms with Gasteiger partial charge in [0.25, 0.3) is 5.91 Å². The summed E-state index contributed by atoms with van der Waals surface area (Å²) in [5.74, 6) is -0.861. The van der Waals surface area contributed by atoms with Gasteiger partial charge < -0.3 is 10.1 Å². The van der Waals surface area contributed by atoms with E-state index in [0.717, 1.165) is 6.20 Å². The fourth-order valence-corrected chi connectivity index (χ4v) is 4.40. The summed E-state index contributed by atoms with van der Waals surface area (Å²) >= 11 is 6.22. The summed E-state index contributed by atoms with van der Waals surface area (Å²) in [6.45, 7) is 4.10. The first-order valence-corrected chi connectivity index (χ1v) is 12.0. The maximum absolute atomic E-state index is 14.4. The molecule has 1 unspecified atom stereocenters. The molecule has 1 amide bonds. The van der Waals surface area contributed by atoms with Crippen molar-refractivity contribution >= 4 is 34.0 Å². The Morgan fingerprint density at radius 3 is 2.46 bits per heavy atom. The van der Waals surface area contributed by atoms with Crippen LogP contribution < -0.4 is 5.32 Å². The minimum Gasteiger partial charge on any atom is -0.372 e. The molecule has 1 atom stereocenters. The van der Waals surface area contributed by atoms with Gasteiger partial charge in [-0.3, -0.25) is 9.78 Å². The van der Waals surface area contributed by atoms with Crippen molar-refractivity contribution in [1.82, 2.24) is 34.7 Å². The number of anilines is 1. The number of benzene rings is 1. The topological polar surface area (TPSA) is 113 Å². The molecule has 0 spiro atoms. The molecule has 5 aromatic rings. The molecule has 5 rings (SSSR count). The Balaban J connectivity index is 1.54. The van der Waals surface area contributed by atoms with Crippen LogP contribution in [-0.4, -0.2) is 47.3 Å². The van der Waals surface area contributed by atoms with Crippen LogP contribution in [0.4, 0.5) is 18.9 Å². The second kappa shape index (κ2) is 10.4. The molecule has 0 aliphatic carbocycles. The smallest absolute Gasteiger partial charge is 0.372 e. The lowest BCUT2D eigenvalue weighted by Gasteiger charge is -2.17. The van der Waals surface area contributed by atoms with Crippen molar-refractivity contribution in [3.63, 3.8) is 0 Å². The number of carbonyl (C=O) groups excluding carboxylic acids is 1. The first kappa shape index (κ1) is 26.3. The minimum absolute atomic E-state index is 0.0604. The maximum atomic E-state index is 14.4. The van der Waals surface area contributed by atoms with E-state index in [0.29, 0.717) is 27.8 Å². The van der Waals surface area contributed by atoms with E-state index in [4.69, 9.17) is 16.3 Å². The Morgan fingerprint density at radius 2 is 1.79 bits per heavy atom. The van der Waals surface area contributed by atoms with E-state index >= 15 is 0 Å². The van der Waals surface area contributed by atoms with Crippen molar-refractivity contribution in [2.75, 3.05) is 11.9 Å². The van der Waals surface area contributed by atoms with Crippen molar-refractivity contribution in [2.24, 2.45) is 0 Å². The number of hydrogen-bond donors (Lipinski definition) is 1. The highest BCUT2D eigenvalue weighted by molar-refractivity contribution is 6.32. The lowest BCUT2D eigenvalue weighted by atomic mass is 10.1. The Bertz CT molecular complexity index is 1650. The Labute approximate surface area is 224 Å². The van der Waals surface area contributed by atoms with Crippen LogP contribution in [0.3, 0.4) is 0 Å². The summed E-state index contributed by atoms with van der Waals surface area (Å²) in [4.78, 5) is 22.7. The zero-order chi connectivity index (χ0) is 27.7. The molecular formula is C25H20ClF3N8O2. The highest BCUT2D eigenvalue weighted by Crippen LogP contribution is 2.36. The van der Waals surface area contributed by atoms with Crippen LogP contribution in [0.25, 0.3) is 22.3 Å². The molecular weight excluding hydrogens is 537 g/mol. The molecule has 1 N–H and O–H groups in total. The summed E-state index contributed by atoms with van der Waals surface area (Å²) in [6, 6.07) is 8.21. The molecule has 0 saturated heterocycles. The number of hydrogen-bond acceptors (Lipinski definition) is 7. The summed E-state index contributed by atoms with van der Waals surface area (Å²) in [6.07, 6.45) is 0.934. The molecule has 10 nitrogen and oxygen atoms in total. The molecule has 4 heterocycles. The standard InChI is InChI=1S/C25H20ClF3N8O2/c1-3-39-14(2)21-17-7-5-4-6-16(17)20(13-30-21)36-22(25(27,28)29)18(12-34-36)24(38)35-15-10-19(26)23(31-11-15)37-32-8-9-33-37/h4-14H,3H2,1-2H3,(H,35,38). The number of nitrogens with one attached hydrogen (secondary N) is 1. The molecule has 14 heteroatoms. The highest BCUT2D eigenvalue weighted by Gasteiger charge is 2.41. The summed E-state index contributed by atoms with van der Waals surface area (Å²) < 4.78 is 49.5. The third-order valence-electron chi connectivity index (χ3n) is 5.80. The lowest BCUT2D eigenvalue weighted by molar-refractivity contribution is -0.143. The zero-order valence-electron chi connectivity index (χ0n) is 20.5. The van der Waals surface area contributed by atoms with Gasteiger partial charge in [0.2, 0.25) is 0 Å². The van der Waals surface area contributed by atoms with E-state index in [1.807, 2.05) is 13.8 Å². The molecule has 39 heavy (non-hydrogen) atoms. The van der Waals surface area contributed by atoms with E-state index in [2.05, 4.69) is 30.6 Å². The summed E-state index contributed by atoms with van der Waals surface area (Å²) in [7, 11) is 0. The van der Waals surface area contributed by atoms with Gasteiger partial charge in [0.05, 0.1) is 64.7 Å². The van der Waals surface area contributed by atoms with Gasteiger partial charge in [-0.2, -0.15) is 28.5 Å². The number of ether oxygens (including phenoxy) is 1.